The van der Waals surface area contributed by atoms with E-state index in [0.29, 0.717) is 23.7 Å². The van der Waals surface area contributed by atoms with Gasteiger partial charge in [0.2, 0.25) is 0 Å². The van der Waals surface area contributed by atoms with Crippen LogP contribution in [-0.2, 0) is 4.74 Å². The summed E-state index contributed by atoms with van der Waals surface area (Å²) in [4.78, 5) is 2.64. The highest BCUT2D eigenvalue weighted by atomic mass is 16.5. The molecule has 0 spiro atoms. The van der Waals surface area contributed by atoms with Crippen molar-refractivity contribution in [2.24, 2.45) is 11.3 Å². The molecule has 0 amide bonds. The summed E-state index contributed by atoms with van der Waals surface area (Å²) < 4.78 is 5.88. The second kappa shape index (κ2) is 7.43. The van der Waals surface area contributed by atoms with Crippen LogP contribution in [0.15, 0.2) is 0 Å². The molecular formula is C18H36N2O. The molecule has 1 aliphatic carbocycles. The number of nitrogens with one attached hydrogen (secondary N) is 1. The van der Waals surface area contributed by atoms with E-state index in [4.69, 9.17) is 4.74 Å². The van der Waals surface area contributed by atoms with Gasteiger partial charge in [0.15, 0.2) is 0 Å². The van der Waals surface area contributed by atoms with Gasteiger partial charge in [0.25, 0.3) is 0 Å². The van der Waals surface area contributed by atoms with Crippen LogP contribution in [0.25, 0.3) is 0 Å². The second-order valence-corrected chi connectivity index (χ2v) is 8.05. The van der Waals surface area contributed by atoms with E-state index >= 15 is 0 Å². The quantitative estimate of drug-likeness (QED) is 0.842. The highest BCUT2D eigenvalue weighted by molar-refractivity contribution is 4.95. The molecule has 0 radical (unpaired) electrons. The SMILES string of the molecule is CCCNC1C(CN2C[C@@H](C)O[C@@H](C)C2)CCCC1(C)C. The summed E-state index contributed by atoms with van der Waals surface area (Å²) in [5.41, 5.74) is 0.432. The van der Waals surface area contributed by atoms with Gasteiger partial charge >= 0.3 is 0 Å². The van der Waals surface area contributed by atoms with Crippen LogP contribution < -0.4 is 5.32 Å². The molecule has 0 aromatic carbocycles. The van der Waals surface area contributed by atoms with E-state index in [9.17, 15) is 0 Å². The fourth-order valence-corrected chi connectivity index (χ4v) is 4.48. The average molecular weight is 296 g/mol. The Morgan fingerprint density at radius 3 is 2.48 bits per heavy atom. The van der Waals surface area contributed by atoms with Gasteiger partial charge in [0.05, 0.1) is 12.2 Å². The van der Waals surface area contributed by atoms with E-state index in [-0.39, 0.29) is 0 Å². The van der Waals surface area contributed by atoms with E-state index in [1.54, 1.807) is 0 Å². The maximum atomic E-state index is 5.88. The van der Waals surface area contributed by atoms with Crippen molar-refractivity contribution in [1.29, 1.82) is 0 Å². The molecule has 2 fully saturated rings. The summed E-state index contributed by atoms with van der Waals surface area (Å²) in [6.07, 6.45) is 6.12. The van der Waals surface area contributed by atoms with Crippen LogP contribution >= 0.6 is 0 Å². The van der Waals surface area contributed by atoms with Crippen LogP contribution in [0, 0.1) is 11.3 Å². The fourth-order valence-electron chi connectivity index (χ4n) is 4.48. The molecule has 1 heterocycles. The summed E-state index contributed by atoms with van der Waals surface area (Å²) in [6.45, 7) is 16.2. The Morgan fingerprint density at radius 2 is 1.86 bits per heavy atom. The predicted octanol–water partition coefficient (Wildman–Crippen LogP) is 3.29. The zero-order chi connectivity index (χ0) is 15.5. The third-order valence-corrected chi connectivity index (χ3v) is 5.31. The van der Waals surface area contributed by atoms with Gasteiger partial charge in [-0.3, -0.25) is 4.90 Å². The molecule has 124 valence electrons. The van der Waals surface area contributed by atoms with Crippen molar-refractivity contribution >= 4 is 0 Å². The largest absolute Gasteiger partial charge is 0.373 e. The van der Waals surface area contributed by atoms with Gasteiger partial charge in [-0.1, -0.05) is 27.2 Å². The van der Waals surface area contributed by atoms with Crippen LogP contribution in [0.3, 0.4) is 0 Å². The Kier molecular flexibility index (Phi) is 6.10. The minimum absolute atomic E-state index is 0.382. The Hall–Kier alpha value is -0.120. The van der Waals surface area contributed by atoms with E-state index in [1.807, 2.05) is 0 Å². The first-order valence-corrected chi connectivity index (χ1v) is 9.03. The van der Waals surface area contributed by atoms with Gasteiger partial charge in [-0.2, -0.15) is 0 Å². The van der Waals surface area contributed by atoms with E-state index in [1.165, 1.54) is 32.2 Å². The van der Waals surface area contributed by atoms with Gasteiger partial charge in [-0.05, 0) is 51.0 Å². The van der Waals surface area contributed by atoms with Crippen LogP contribution in [0.5, 0.6) is 0 Å². The Balaban J connectivity index is 1.98. The van der Waals surface area contributed by atoms with Gasteiger partial charge in [-0.25, -0.2) is 0 Å². The smallest absolute Gasteiger partial charge is 0.0678 e. The number of hydrogen-bond donors (Lipinski definition) is 1. The Morgan fingerprint density at radius 1 is 1.19 bits per heavy atom. The van der Waals surface area contributed by atoms with Gasteiger partial charge in [0.1, 0.15) is 0 Å². The van der Waals surface area contributed by atoms with Crippen molar-refractivity contribution in [2.45, 2.75) is 78.6 Å². The molecule has 21 heavy (non-hydrogen) atoms. The summed E-state index contributed by atoms with van der Waals surface area (Å²) in [7, 11) is 0. The lowest BCUT2D eigenvalue weighted by atomic mass is 9.67. The van der Waals surface area contributed by atoms with Crippen LogP contribution in [0.4, 0.5) is 0 Å². The van der Waals surface area contributed by atoms with Gasteiger partial charge in [0, 0.05) is 25.7 Å². The average Bonchev–Trinajstić information content (AvgIpc) is 2.36. The first-order chi connectivity index (χ1) is 9.92. The van der Waals surface area contributed by atoms with Crippen molar-refractivity contribution in [2.75, 3.05) is 26.2 Å². The molecule has 0 bridgehead atoms. The standard InChI is InChI=1S/C18H36N2O/c1-6-10-19-17-16(8-7-9-18(17,4)5)13-20-11-14(2)21-15(3)12-20/h14-17,19H,6-13H2,1-5H3/t14-,15+,16?,17?. The molecule has 3 heteroatoms. The first-order valence-electron chi connectivity index (χ1n) is 9.03. The highest BCUT2D eigenvalue weighted by Gasteiger charge is 2.39. The lowest BCUT2D eigenvalue weighted by Gasteiger charge is -2.47. The number of morpholine rings is 1. The first kappa shape index (κ1) is 17.2. The van der Waals surface area contributed by atoms with Crippen molar-refractivity contribution in [3.05, 3.63) is 0 Å². The summed E-state index contributed by atoms with van der Waals surface area (Å²) >= 11 is 0. The molecule has 4 atom stereocenters. The minimum Gasteiger partial charge on any atom is -0.373 e. The van der Waals surface area contributed by atoms with Gasteiger partial charge < -0.3 is 10.1 Å². The predicted molar refractivity (Wildman–Crippen MR) is 89.7 cm³/mol. The zero-order valence-corrected chi connectivity index (χ0v) is 14.8. The number of nitrogens with zero attached hydrogens (tertiary/aromatic N) is 1. The third-order valence-electron chi connectivity index (χ3n) is 5.31. The van der Waals surface area contributed by atoms with Crippen molar-refractivity contribution in [3.63, 3.8) is 0 Å². The van der Waals surface area contributed by atoms with Crippen molar-refractivity contribution in [3.8, 4) is 0 Å². The van der Waals surface area contributed by atoms with E-state index < -0.39 is 0 Å². The highest BCUT2D eigenvalue weighted by Crippen LogP contribution is 2.39. The van der Waals surface area contributed by atoms with Crippen molar-refractivity contribution in [1.82, 2.24) is 10.2 Å². The van der Waals surface area contributed by atoms with Crippen LogP contribution in [0.2, 0.25) is 0 Å². The summed E-state index contributed by atoms with van der Waals surface area (Å²) in [5, 5.41) is 3.87. The van der Waals surface area contributed by atoms with Gasteiger partial charge in [-0.15, -0.1) is 0 Å². The lowest BCUT2D eigenvalue weighted by molar-refractivity contribution is -0.0762. The Labute approximate surface area is 131 Å². The topological polar surface area (TPSA) is 24.5 Å². The molecule has 1 saturated carbocycles. The van der Waals surface area contributed by atoms with Crippen LogP contribution in [0.1, 0.15) is 60.3 Å². The van der Waals surface area contributed by atoms with Crippen LogP contribution in [-0.4, -0.2) is 49.3 Å². The number of hydrogen-bond acceptors (Lipinski definition) is 3. The fraction of sp³-hybridized carbons (Fsp3) is 1.00. The third kappa shape index (κ3) is 4.67. The molecule has 2 unspecified atom stereocenters. The monoisotopic (exact) mass is 296 g/mol. The Bertz CT molecular complexity index is 308. The molecule has 2 rings (SSSR count). The molecule has 0 aromatic heterocycles. The minimum atomic E-state index is 0.382. The normalized spacial score (nSPS) is 37.6. The molecule has 0 aromatic rings. The van der Waals surface area contributed by atoms with E-state index in [2.05, 4.69) is 44.8 Å². The summed E-state index contributed by atoms with van der Waals surface area (Å²) in [5.74, 6) is 0.790. The number of rotatable bonds is 5. The zero-order valence-electron chi connectivity index (χ0n) is 14.8. The number of ether oxygens (including phenoxy) is 1. The second-order valence-electron chi connectivity index (χ2n) is 8.05. The molecule has 1 N–H and O–H groups in total. The molecular weight excluding hydrogens is 260 g/mol. The molecule has 1 aliphatic heterocycles. The molecule has 1 saturated heterocycles. The molecule has 3 nitrogen and oxygen atoms in total. The maximum absolute atomic E-state index is 5.88. The maximum Gasteiger partial charge on any atom is 0.0678 e. The lowest BCUT2D eigenvalue weighted by Crippen LogP contribution is -2.55. The van der Waals surface area contributed by atoms with Crippen molar-refractivity contribution < 1.29 is 4.74 Å². The van der Waals surface area contributed by atoms with E-state index in [0.717, 1.165) is 25.6 Å². The summed E-state index contributed by atoms with van der Waals surface area (Å²) in [6, 6.07) is 0.666. The molecule has 2 aliphatic rings.